The summed E-state index contributed by atoms with van der Waals surface area (Å²) >= 11 is 0. The smallest absolute Gasteiger partial charge is 0.242 e. The van der Waals surface area contributed by atoms with E-state index in [4.69, 9.17) is 0 Å². The van der Waals surface area contributed by atoms with Crippen LogP contribution in [0.15, 0.2) is 54.6 Å². The number of amides is 1. The van der Waals surface area contributed by atoms with E-state index in [1.807, 2.05) is 30.3 Å². The summed E-state index contributed by atoms with van der Waals surface area (Å²) < 4.78 is 40.0. The summed E-state index contributed by atoms with van der Waals surface area (Å²) in [6, 6.07) is 13.9. The molecule has 5 nitrogen and oxygen atoms in total. The first-order chi connectivity index (χ1) is 11.4. The van der Waals surface area contributed by atoms with Gasteiger partial charge in [-0.3, -0.25) is 4.79 Å². The minimum absolute atomic E-state index is 0.0119. The van der Waals surface area contributed by atoms with Gasteiger partial charge in [0, 0.05) is 0 Å². The van der Waals surface area contributed by atoms with Crippen molar-refractivity contribution in [1.29, 1.82) is 0 Å². The number of carbonyl (C=O) groups is 1. The number of hydrogen-bond acceptors (Lipinski definition) is 3. The van der Waals surface area contributed by atoms with Gasteiger partial charge >= 0.3 is 0 Å². The first-order valence-electron chi connectivity index (χ1n) is 7.47. The minimum atomic E-state index is -3.63. The van der Waals surface area contributed by atoms with Crippen LogP contribution in [0.1, 0.15) is 12.5 Å². The Morgan fingerprint density at radius 3 is 2.38 bits per heavy atom. The van der Waals surface area contributed by atoms with E-state index in [0.717, 1.165) is 5.56 Å². The molecule has 0 fully saturated rings. The van der Waals surface area contributed by atoms with Crippen LogP contribution in [0.3, 0.4) is 0 Å². The molecular formula is C17H19FN2O3S. The molecule has 0 aliphatic carbocycles. The van der Waals surface area contributed by atoms with Crippen molar-refractivity contribution < 1.29 is 17.6 Å². The average molecular weight is 350 g/mol. The normalized spacial score (nSPS) is 12.6. The van der Waals surface area contributed by atoms with Crippen molar-refractivity contribution in [2.75, 3.05) is 11.1 Å². The fourth-order valence-electron chi connectivity index (χ4n) is 2.08. The highest BCUT2D eigenvalue weighted by molar-refractivity contribution is 7.89. The monoisotopic (exact) mass is 350 g/mol. The summed E-state index contributed by atoms with van der Waals surface area (Å²) in [4.78, 5) is 12.0. The molecule has 0 aliphatic rings. The predicted molar refractivity (Wildman–Crippen MR) is 91.6 cm³/mol. The number of halogens is 1. The summed E-state index contributed by atoms with van der Waals surface area (Å²) in [5.41, 5.74) is 0.907. The molecule has 0 aromatic heterocycles. The van der Waals surface area contributed by atoms with Crippen molar-refractivity contribution in [3.8, 4) is 0 Å². The number of hydrogen-bond donors (Lipinski definition) is 2. The van der Waals surface area contributed by atoms with Crippen molar-refractivity contribution in [2.45, 2.75) is 19.4 Å². The van der Waals surface area contributed by atoms with Gasteiger partial charge < -0.3 is 5.32 Å². The minimum Gasteiger partial charge on any atom is -0.322 e. The van der Waals surface area contributed by atoms with E-state index in [1.54, 1.807) is 6.07 Å². The molecule has 7 heteroatoms. The van der Waals surface area contributed by atoms with Crippen molar-refractivity contribution >= 4 is 21.6 Å². The van der Waals surface area contributed by atoms with Crippen molar-refractivity contribution in [3.05, 3.63) is 66.0 Å². The van der Waals surface area contributed by atoms with Gasteiger partial charge in [0.25, 0.3) is 0 Å². The molecule has 0 bridgehead atoms. The SMILES string of the molecule is CC(NS(=O)(=O)CCc1ccccc1)C(=O)Nc1ccccc1F. The highest BCUT2D eigenvalue weighted by Gasteiger charge is 2.21. The van der Waals surface area contributed by atoms with Gasteiger partial charge in [0.15, 0.2) is 0 Å². The summed E-state index contributed by atoms with van der Waals surface area (Å²) in [7, 11) is -3.63. The fourth-order valence-corrected chi connectivity index (χ4v) is 3.35. The molecule has 128 valence electrons. The first kappa shape index (κ1) is 18.1. The van der Waals surface area contributed by atoms with Crippen LogP contribution in [0, 0.1) is 5.82 Å². The van der Waals surface area contributed by atoms with Crippen LogP contribution in [-0.2, 0) is 21.2 Å². The molecule has 0 heterocycles. The van der Waals surface area contributed by atoms with E-state index < -0.39 is 27.8 Å². The second kappa shape index (κ2) is 8.03. The molecule has 24 heavy (non-hydrogen) atoms. The zero-order chi connectivity index (χ0) is 17.6. The van der Waals surface area contributed by atoms with E-state index >= 15 is 0 Å². The highest BCUT2D eigenvalue weighted by atomic mass is 32.2. The van der Waals surface area contributed by atoms with Gasteiger partial charge in [0.05, 0.1) is 17.5 Å². The van der Waals surface area contributed by atoms with Gasteiger partial charge in [-0.1, -0.05) is 42.5 Å². The standard InChI is InChI=1S/C17H19FN2O3S/c1-13(17(21)19-16-10-6-5-9-15(16)18)20-24(22,23)12-11-14-7-3-2-4-8-14/h2-10,13,20H,11-12H2,1H3,(H,19,21). The molecule has 0 spiro atoms. The maximum absolute atomic E-state index is 13.5. The lowest BCUT2D eigenvalue weighted by molar-refractivity contribution is -0.117. The van der Waals surface area contributed by atoms with E-state index in [2.05, 4.69) is 10.0 Å². The molecule has 1 amide bonds. The number of sulfonamides is 1. The molecule has 2 aromatic carbocycles. The van der Waals surface area contributed by atoms with Crippen LogP contribution in [0.2, 0.25) is 0 Å². The van der Waals surface area contributed by atoms with Gasteiger partial charge in [-0.15, -0.1) is 0 Å². The van der Waals surface area contributed by atoms with Crippen LogP contribution >= 0.6 is 0 Å². The quantitative estimate of drug-likeness (QED) is 0.805. The molecule has 0 radical (unpaired) electrons. The third-order valence-corrected chi connectivity index (χ3v) is 4.84. The number of carbonyl (C=O) groups excluding carboxylic acids is 1. The summed E-state index contributed by atoms with van der Waals surface area (Å²) in [5.74, 6) is -1.33. The fraction of sp³-hybridized carbons (Fsp3) is 0.235. The maximum atomic E-state index is 13.5. The van der Waals surface area contributed by atoms with Gasteiger partial charge in [-0.05, 0) is 31.0 Å². The Kier molecular flexibility index (Phi) is 6.05. The van der Waals surface area contributed by atoms with Crippen LogP contribution in [0.4, 0.5) is 10.1 Å². The summed E-state index contributed by atoms with van der Waals surface area (Å²) in [6.07, 6.45) is 0.345. The number of anilines is 1. The van der Waals surface area contributed by atoms with Gasteiger partial charge in [0.2, 0.25) is 15.9 Å². The number of rotatable bonds is 7. The Morgan fingerprint density at radius 2 is 1.71 bits per heavy atom. The maximum Gasteiger partial charge on any atom is 0.242 e. The molecular weight excluding hydrogens is 331 g/mol. The Labute approximate surface area is 141 Å². The average Bonchev–Trinajstić information content (AvgIpc) is 2.56. The summed E-state index contributed by atoms with van der Waals surface area (Å²) in [5, 5.41) is 2.37. The Balaban J connectivity index is 1.91. The molecule has 0 saturated heterocycles. The van der Waals surface area contributed by atoms with Gasteiger partial charge in [-0.2, -0.15) is 0 Å². The molecule has 1 atom stereocenters. The van der Waals surface area contributed by atoms with Crippen LogP contribution in [-0.4, -0.2) is 26.1 Å². The number of benzene rings is 2. The van der Waals surface area contributed by atoms with E-state index in [9.17, 15) is 17.6 Å². The second-order valence-corrected chi connectivity index (χ2v) is 7.24. The lowest BCUT2D eigenvalue weighted by atomic mass is 10.2. The largest absolute Gasteiger partial charge is 0.322 e. The van der Waals surface area contributed by atoms with Crippen molar-refractivity contribution in [1.82, 2.24) is 4.72 Å². The predicted octanol–water partition coefficient (Wildman–Crippen LogP) is 2.31. The molecule has 2 rings (SSSR count). The zero-order valence-electron chi connectivity index (χ0n) is 13.2. The van der Waals surface area contributed by atoms with Crippen LogP contribution < -0.4 is 10.0 Å². The lowest BCUT2D eigenvalue weighted by Crippen LogP contribution is -2.42. The molecule has 1 unspecified atom stereocenters. The number of para-hydroxylation sites is 1. The van der Waals surface area contributed by atoms with Crippen LogP contribution in [0.5, 0.6) is 0 Å². The Hall–Kier alpha value is -2.25. The lowest BCUT2D eigenvalue weighted by Gasteiger charge is -2.14. The van der Waals surface area contributed by atoms with Crippen molar-refractivity contribution in [3.63, 3.8) is 0 Å². The first-order valence-corrected chi connectivity index (χ1v) is 9.12. The Morgan fingerprint density at radius 1 is 1.08 bits per heavy atom. The topological polar surface area (TPSA) is 75.3 Å². The van der Waals surface area contributed by atoms with E-state index in [1.165, 1.54) is 25.1 Å². The molecule has 2 N–H and O–H groups in total. The number of aryl methyl sites for hydroxylation is 1. The summed E-state index contributed by atoms with van der Waals surface area (Å²) in [6.45, 7) is 1.41. The zero-order valence-corrected chi connectivity index (χ0v) is 14.0. The Bertz CT molecular complexity index is 794. The number of nitrogens with one attached hydrogen (secondary N) is 2. The van der Waals surface area contributed by atoms with E-state index in [-0.39, 0.29) is 11.4 Å². The van der Waals surface area contributed by atoms with Gasteiger partial charge in [-0.25, -0.2) is 17.5 Å². The third-order valence-electron chi connectivity index (χ3n) is 3.38. The van der Waals surface area contributed by atoms with Crippen molar-refractivity contribution in [2.24, 2.45) is 0 Å². The second-order valence-electron chi connectivity index (χ2n) is 5.36. The molecule has 0 aliphatic heterocycles. The highest BCUT2D eigenvalue weighted by Crippen LogP contribution is 2.12. The van der Waals surface area contributed by atoms with Gasteiger partial charge in [0.1, 0.15) is 5.82 Å². The van der Waals surface area contributed by atoms with E-state index in [0.29, 0.717) is 6.42 Å². The third kappa shape index (κ3) is 5.43. The molecule has 2 aromatic rings. The molecule has 0 saturated carbocycles. The van der Waals surface area contributed by atoms with Crippen LogP contribution in [0.25, 0.3) is 0 Å².